The highest BCUT2D eigenvalue weighted by molar-refractivity contribution is 5.80. The molecule has 0 aliphatic carbocycles. The van der Waals surface area contributed by atoms with Crippen molar-refractivity contribution in [1.29, 1.82) is 0 Å². The van der Waals surface area contributed by atoms with Gasteiger partial charge in [-0.1, -0.05) is 121 Å². The van der Waals surface area contributed by atoms with Crippen LogP contribution in [0, 0.1) is 6.92 Å². The van der Waals surface area contributed by atoms with Gasteiger partial charge in [-0.25, -0.2) is 0 Å². The zero-order chi connectivity index (χ0) is 37.4. The Labute approximate surface area is 277 Å². The van der Waals surface area contributed by atoms with Crippen LogP contribution >= 0.6 is 0 Å². The van der Waals surface area contributed by atoms with Crippen LogP contribution in [-0.2, 0) is 0 Å². The molecule has 216 valence electrons. The first-order chi connectivity index (χ1) is 25.6. The number of rotatable bonds is 8. The molecule has 7 aromatic carbocycles. The Hall–Kier alpha value is -5.86. The van der Waals surface area contributed by atoms with Crippen molar-refractivity contribution in [3.63, 3.8) is 0 Å². The molecular formula is C43H34N2. The SMILES string of the molecule is [2H]c1c([2H])c(N(c2ccccc2)c2ccccc2)c([2H])c([2H])c1-c1ccc(-c2c([2H])c([2H])c(N(c3ccccc3)c3ccc(C)cc3)c([2H])c2[2H])cc1. The van der Waals surface area contributed by atoms with Gasteiger partial charge in [-0.15, -0.1) is 0 Å². The van der Waals surface area contributed by atoms with Crippen LogP contribution < -0.4 is 9.80 Å². The maximum Gasteiger partial charge on any atom is 0.0645 e. The van der Waals surface area contributed by atoms with E-state index in [2.05, 4.69) is 0 Å². The van der Waals surface area contributed by atoms with Crippen molar-refractivity contribution in [2.24, 2.45) is 0 Å². The topological polar surface area (TPSA) is 6.48 Å². The first-order valence-corrected chi connectivity index (χ1v) is 14.7. The van der Waals surface area contributed by atoms with E-state index < -0.39 is 0 Å². The normalized spacial score (nSPS) is 13.3. The molecule has 0 aliphatic rings. The van der Waals surface area contributed by atoms with Gasteiger partial charge in [0.2, 0.25) is 0 Å². The second-order valence-electron chi connectivity index (χ2n) is 10.5. The van der Waals surface area contributed by atoms with Gasteiger partial charge in [-0.2, -0.15) is 0 Å². The third kappa shape index (κ3) is 6.13. The smallest absolute Gasteiger partial charge is 0.0645 e. The summed E-state index contributed by atoms with van der Waals surface area (Å²) in [6.07, 6.45) is 0. The molecule has 0 N–H and O–H groups in total. The van der Waals surface area contributed by atoms with E-state index in [-0.39, 0.29) is 70.8 Å². The minimum Gasteiger partial charge on any atom is -0.311 e. The summed E-state index contributed by atoms with van der Waals surface area (Å²) in [5, 5.41) is 0. The number of hydrogen-bond donors (Lipinski definition) is 0. The van der Waals surface area contributed by atoms with Crippen LogP contribution in [0.15, 0.2) is 188 Å². The van der Waals surface area contributed by atoms with Crippen molar-refractivity contribution in [3.8, 4) is 22.3 Å². The summed E-state index contributed by atoms with van der Waals surface area (Å²) in [6, 6.07) is 40.4. The lowest BCUT2D eigenvalue weighted by molar-refractivity contribution is 1.27. The maximum atomic E-state index is 9.13. The standard InChI is InChI=1S/C43H34N2/c1-33-17-27-41(28-18-33)45(40-15-9-4-10-16-40)43-31-25-37(26-32-43)35-21-19-34(20-22-35)36-23-29-42(30-24-36)44(38-11-5-2-6-12-38)39-13-7-3-8-14-39/h2-32H,1H3/i23D,24D,25D,26D,29D,30D,31D,32D. The van der Waals surface area contributed by atoms with Gasteiger partial charge in [0.05, 0.1) is 11.0 Å². The van der Waals surface area contributed by atoms with Crippen molar-refractivity contribution in [1.82, 2.24) is 0 Å². The third-order valence-corrected chi connectivity index (χ3v) is 7.47. The van der Waals surface area contributed by atoms with E-state index in [1.165, 1.54) is 0 Å². The molecule has 0 heterocycles. The highest BCUT2D eigenvalue weighted by Crippen LogP contribution is 2.37. The molecule has 7 rings (SSSR count). The fourth-order valence-corrected chi connectivity index (χ4v) is 5.17. The molecule has 2 nitrogen and oxygen atoms in total. The molecule has 45 heavy (non-hydrogen) atoms. The second-order valence-corrected chi connectivity index (χ2v) is 10.5. The molecule has 0 aromatic heterocycles. The largest absolute Gasteiger partial charge is 0.311 e. The summed E-state index contributed by atoms with van der Waals surface area (Å²) in [7, 11) is 0. The third-order valence-electron chi connectivity index (χ3n) is 7.47. The van der Waals surface area contributed by atoms with Gasteiger partial charge in [0.1, 0.15) is 0 Å². The summed E-state index contributed by atoms with van der Waals surface area (Å²) in [4.78, 5) is 3.45. The van der Waals surface area contributed by atoms with E-state index in [4.69, 9.17) is 11.0 Å². The molecule has 0 fully saturated rings. The van der Waals surface area contributed by atoms with Crippen molar-refractivity contribution < 1.29 is 11.0 Å². The monoisotopic (exact) mass is 586 g/mol. The van der Waals surface area contributed by atoms with Crippen molar-refractivity contribution >= 4 is 34.1 Å². The lowest BCUT2D eigenvalue weighted by Gasteiger charge is -2.25. The molecule has 0 atom stereocenters. The van der Waals surface area contributed by atoms with Gasteiger partial charge in [-0.3, -0.25) is 0 Å². The van der Waals surface area contributed by atoms with Crippen LogP contribution in [0.3, 0.4) is 0 Å². The molecule has 0 amide bonds. The summed E-state index contributed by atoms with van der Waals surface area (Å²) < 4.78 is 72.7. The Morgan fingerprint density at radius 1 is 0.311 bits per heavy atom. The Morgan fingerprint density at radius 2 is 0.622 bits per heavy atom. The average molecular weight is 587 g/mol. The molecule has 0 unspecified atom stereocenters. The van der Waals surface area contributed by atoms with Gasteiger partial charge in [0.15, 0.2) is 0 Å². The molecule has 2 heteroatoms. The van der Waals surface area contributed by atoms with E-state index in [0.717, 1.165) is 5.56 Å². The number of para-hydroxylation sites is 3. The van der Waals surface area contributed by atoms with Gasteiger partial charge < -0.3 is 9.80 Å². The zero-order valence-corrected chi connectivity index (χ0v) is 24.7. The summed E-state index contributed by atoms with van der Waals surface area (Å²) in [6.45, 7) is 1.97. The van der Waals surface area contributed by atoms with E-state index in [0.29, 0.717) is 33.9 Å². The maximum absolute atomic E-state index is 9.13. The quantitative estimate of drug-likeness (QED) is 0.175. The molecule has 0 aliphatic heterocycles. The molecule has 0 radical (unpaired) electrons. The highest BCUT2D eigenvalue weighted by atomic mass is 15.1. The molecule has 0 spiro atoms. The van der Waals surface area contributed by atoms with Crippen LogP contribution in [-0.4, -0.2) is 0 Å². The number of benzene rings is 7. The number of aryl methyl sites for hydroxylation is 1. The van der Waals surface area contributed by atoms with E-state index >= 15 is 0 Å². The number of hydrogen-bond acceptors (Lipinski definition) is 2. The van der Waals surface area contributed by atoms with Gasteiger partial charge in [0, 0.05) is 34.1 Å². The van der Waals surface area contributed by atoms with E-state index in [1.807, 2.05) is 122 Å². The van der Waals surface area contributed by atoms with Crippen LogP contribution in [0.4, 0.5) is 34.1 Å². The Bertz CT molecular complexity index is 2320. The van der Waals surface area contributed by atoms with E-state index in [1.54, 1.807) is 34.1 Å². The minimum absolute atomic E-state index is 0.114. The summed E-state index contributed by atoms with van der Waals surface area (Å²) in [5.74, 6) is 0. The van der Waals surface area contributed by atoms with Gasteiger partial charge >= 0.3 is 0 Å². The number of anilines is 6. The lowest BCUT2D eigenvalue weighted by atomic mass is 9.99. The van der Waals surface area contributed by atoms with E-state index in [9.17, 15) is 0 Å². The highest BCUT2D eigenvalue weighted by Gasteiger charge is 2.14. The molecule has 0 bridgehead atoms. The molecule has 0 saturated heterocycles. The van der Waals surface area contributed by atoms with Crippen molar-refractivity contribution in [2.75, 3.05) is 9.80 Å². The van der Waals surface area contributed by atoms with Crippen molar-refractivity contribution in [2.45, 2.75) is 6.92 Å². The zero-order valence-electron chi connectivity index (χ0n) is 32.7. The molecular weight excluding hydrogens is 544 g/mol. The fraction of sp³-hybridized carbons (Fsp3) is 0.0233. The fourth-order valence-electron chi connectivity index (χ4n) is 5.17. The van der Waals surface area contributed by atoms with Crippen molar-refractivity contribution in [3.05, 3.63) is 193 Å². The van der Waals surface area contributed by atoms with Gasteiger partial charge in [-0.05, 0) is 102 Å². The van der Waals surface area contributed by atoms with Crippen LogP contribution in [0.25, 0.3) is 22.3 Å². The molecule has 0 saturated carbocycles. The summed E-state index contributed by atoms with van der Waals surface area (Å²) >= 11 is 0. The lowest BCUT2D eigenvalue weighted by Crippen LogP contribution is -2.09. The minimum atomic E-state index is -0.212. The van der Waals surface area contributed by atoms with Crippen LogP contribution in [0.2, 0.25) is 0 Å². The molecule has 7 aromatic rings. The Kier molecular flexibility index (Phi) is 5.73. The predicted molar refractivity (Wildman–Crippen MR) is 191 cm³/mol. The Morgan fingerprint density at radius 3 is 0.956 bits per heavy atom. The second kappa shape index (κ2) is 12.8. The van der Waals surface area contributed by atoms with Crippen LogP contribution in [0.1, 0.15) is 16.5 Å². The number of nitrogens with zero attached hydrogens (tertiary/aromatic N) is 2. The summed E-state index contributed by atoms with van der Waals surface area (Å²) in [5.41, 5.74) is 5.13. The van der Waals surface area contributed by atoms with Gasteiger partial charge in [0.25, 0.3) is 0 Å². The average Bonchev–Trinajstić information content (AvgIpc) is 3.19. The van der Waals surface area contributed by atoms with Crippen LogP contribution in [0.5, 0.6) is 0 Å². The first-order valence-electron chi connectivity index (χ1n) is 18.7. The Balaban J connectivity index is 1.31. The first kappa shape index (κ1) is 20.2. The predicted octanol–water partition coefficient (Wildman–Crippen LogP) is 12.3.